The summed E-state index contributed by atoms with van der Waals surface area (Å²) in [5.41, 5.74) is 1.80. The van der Waals surface area contributed by atoms with Gasteiger partial charge in [-0.2, -0.15) is 0 Å². The van der Waals surface area contributed by atoms with Crippen LogP contribution in [0.25, 0.3) is 11.0 Å². The van der Waals surface area contributed by atoms with Crippen molar-refractivity contribution in [3.05, 3.63) is 56.8 Å². The van der Waals surface area contributed by atoms with Crippen LogP contribution in [0.2, 0.25) is 0 Å². The van der Waals surface area contributed by atoms with Crippen molar-refractivity contribution in [1.82, 2.24) is 10.3 Å². The molecule has 0 aliphatic rings. The zero-order valence-corrected chi connectivity index (χ0v) is 10.4. The lowest BCUT2D eigenvalue weighted by Gasteiger charge is -1.99. The van der Waals surface area contributed by atoms with Gasteiger partial charge in [-0.05, 0) is 12.1 Å². The molecule has 0 atom stereocenters. The molecule has 0 aliphatic carbocycles. The molecule has 3 rings (SSSR count). The Morgan fingerprint density at radius 3 is 2.94 bits per heavy atom. The van der Waals surface area contributed by atoms with Gasteiger partial charge in [0, 0.05) is 23.0 Å². The predicted molar refractivity (Wildman–Crippen MR) is 71.7 cm³/mol. The minimum absolute atomic E-state index is 0.0180. The highest BCUT2D eigenvalue weighted by Gasteiger charge is 2.02. The molecular weight excluding hydrogens is 248 g/mol. The second kappa shape index (κ2) is 4.80. The average molecular weight is 260 g/mol. The summed E-state index contributed by atoms with van der Waals surface area (Å²) < 4.78 is 5.68. The van der Waals surface area contributed by atoms with E-state index in [9.17, 15) is 4.79 Å². The smallest absolute Gasteiger partial charge is 0.304 e. The molecule has 1 aromatic carbocycles. The van der Waals surface area contributed by atoms with Gasteiger partial charge in [-0.15, -0.1) is 0 Å². The molecule has 0 fully saturated rings. The third kappa shape index (κ3) is 2.37. The lowest BCUT2D eigenvalue weighted by molar-refractivity contribution is 0.512. The molecule has 92 valence electrons. The van der Waals surface area contributed by atoms with E-state index in [1.54, 1.807) is 0 Å². The molecule has 0 unspecified atom stereocenters. The molecule has 0 aliphatic heterocycles. The monoisotopic (exact) mass is 260 g/mol. The molecule has 4 nitrogen and oxygen atoms in total. The Balaban J connectivity index is 1.64. The maximum atomic E-state index is 11.0. The molecule has 3 aromatic rings. The van der Waals surface area contributed by atoms with Crippen molar-refractivity contribution >= 4 is 22.3 Å². The fourth-order valence-corrected chi connectivity index (χ4v) is 2.43. The van der Waals surface area contributed by atoms with Crippen LogP contribution in [0.1, 0.15) is 11.5 Å². The molecule has 0 radical (unpaired) electrons. The summed E-state index contributed by atoms with van der Waals surface area (Å²) in [6, 6.07) is 9.96. The van der Waals surface area contributed by atoms with Crippen molar-refractivity contribution in [3.63, 3.8) is 0 Å². The third-order valence-electron chi connectivity index (χ3n) is 2.66. The number of hydrogen-bond donors (Lipinski definition) is 2. The number of furan rings is 1. The van der Waals surface area contributed by atoms with Gasteiger partial charge in [-0.3, -0.25) is 4.79 Å². The van der Waals surface area contributed by atoms with E-state index >= 15 is 0 Å². The number of hydrogen-bond acceptors (Lipinski definition) is 4. The largest absolute Gasteiger partial charge is 0.460 e. The zero-order chi connectivity index (χ0) is 12.4. The van der Waals surface area contributed by atoms with E-state index in [0.29, 0.717) is 13.1 Å². The van der Waals surface area contributed by atoms with Gasteiger partial charge < -0.3 is 14.7 Å². The number of para-hydroxylation sites is 1. The van der Waals surface area contributed by atoms with Crippen LogP contribution in [-0.4, -0.2) is 4.98 Å². The second-order valence-electron chi connectivity index (χ2n) is 4.03. The number of H-pyrrole nitrogens is 1. The summed E-state index contributed by atoms with van der Waals surface area (Å²) in [7, 11) is 0. The summed E-state index contributed by atoms with van der Waals surface area (Å²) in [5, 5.41) is 6.17. The summed E-state index contributed by atoms with van der Waals surface area (Å²) in [5.74, 6) is 0.897. The van der Waals surface area contributed by atoms with Gasteiger partial charge in [0.1, 0.15) is 11.3 Å². The molecule has 0 saturated carbocycles. The van der Waals surface area contributed by atoms with Crippen LogP contribution in [-0.2, 0) is 13.1 Å². The van der Waals surface area contributed by atoms with Gasteiger partial charge in [0.05, 0.1) is 6.54 Å². The van der Waals surface area contributed by atoms with Gasteiger partial charge in [0.15, 0.2) is 0 Å². The Labute approximate surface area is 107 Å². The van der Waals surface area contributed by atoms with Crippen LogP contribution in [0, 0.1) is 0 Å². The molecular formula is C13H12N2O2S. The SMILES string of the molecule is O=c1[nH]c(CNCc2cc3ccccc3o2)cs1. The summed E-state index contributed by atoms with van der Waals surface area (Å²) in [6.07, 6.45) is 0. The van der Waals surface area contributed by atoms with Gasteiger partial charge in [-0.25, -0.2) is 0 Å². The summed E-state index contributed by atoms with van der Waals surface area (Å²) in [4.78, 5) is 13.7. The molecule has 0 amide bonds. The highest BCUT2D eigenvalue weighted by molar-refractivity contribution is 7.07. The molecule has 0 spiro atoms. The van der Waals surface area contributed by atoms with E-state index in [2.05, 4.69) is 10.3 Å². The average Bonchev–Trinajstić information content (AvgIpc) is 2.95. The molecule has 0 saturated heterocycles. The van der Waals surface area contributed by atoms with Crippen molar-refractivity contribution in [1.29, 1.82) is 0 Å². The Hall–Kier alpha value is -1.85. The molecule has 2 N–H and O–H groups in total. The van der Waals surface area contributed by atoms with Crippen LogP contribution in [0.5, 0.6) is 0 Å². The van der Waals surface area contributed by atoms with Gasteiger partial charge in [0.2, 0.25) is 0 Å². The van der Waals surface area contributed by atoms with Gasteiger partial charge >= 0.3 is 4.87 Å². The van der Waals surface area contributed by atoms with Crippen LogP contribution >= 0.6 is 11.3 Å². The first-order valence-corrected chi connectivity index (χ1v) is 6.54. The van der Waals surface area contributed by atoms with E-state index in [4.69, 9.17) is 4.42 Å². The van der Waals surface area contributed by atoms with E-state index < -0.39 is 0 Å². The van der Waals surface area contributed by atoms with Gasteiger partial charge in [-0.1, -0.05) is 29.5 Å². The lowest BCUT2D eigenvalue weighted by atomic mass is 10.2. The Bertz CT molecular complexity index is 678. The third-order valence-corrected chi connectivity index (χ3v) is 3.38. The highest BCUT2D eigenvalue weighted by Crippen LogP contribution is 2.18. The maximum Gasteiger partial charge on any atom is 0.304 e. The number of thiazole rings is 1. The van der Waals surface area contributed by atoms with E-state index in [-0.39, 0.29) is 4.87 Å². The van der Waals surface area contributed by atoms with Crippen molar-refractivity contribution < 1.29 is 4.42 Å². The Morgan fingerprint density at radius 2 is 2.17 bits per heavy atom. The minimum atomic E-state index is -0.0180. The Kier molecular flexibility index (Phi) is 3.00. The van der Waals surface area contributed by atoms with E-state index in [0.717, 1.165) is 22.4 Å². The first-order chi connectivity index (χ1) is 8.81. The number of aromatic amines is 1. The quantitative estimate of drug-likeness (QED) is 0.757. The van der Waals surface area contributed by atoms with E-state index in [1.165, 1.54) is 11.3 Å². The minimum Gasteiger partial charge on any atom is -0.460 e. The van der Waals surface area contributed by atoms with Crippen LogP contribution < -0.4 is 10.2 Å². The highest BCUT2D eigenvalue weighted by atomic mass is 32.1. The number of aromatic nitrogens is 1. The topological polar surface area (TPSA) is 58.0 Å². The normalized spacial score (nSPS) is 11.1. The molecule has 18 heavy (non-hydrogen) atoms. The molecule has 5 heteroatoms. The van der Waals surface area contributed by atoms with Crippen molar-refractivity contribution in [3.8, 4) is 0 Å². The molecule has 2 heterocycles. The number of nitrogens with one attached hydrogen (secondary N) is 2. The van der Waals surface area contributed by atoms with Crippen LogP contribution in [0.4, 0.5) is 0 Å². The lowest BCUT2D eigenvalue weighted by Crippen LogP contribution is -2.13. The van der Waals surface area contributed by atoms with Crippen molar-refractivity contribution in [2.45, 2.75) is 13.1 Å². The van der Waals surface area contributed by atoms with Crippen molar-refractivity contribution in [2.24, 2.45) is 0 Å². The Morgan fingerprint density at radius 1 is 1.28 bits per heavy atom. The zero-order valence-electron chi connectivity index (χ0n) is 9.60. The molecule has 2 aromatic heterocycles. The standard InChI is InChI=1S/C13H12N2O2S/c16-13-15-10(8-18-13)6-14-7-11-5-9-3-1-2-4-12(9)17-11/h1-5,8,14H,6-7H2,(H,15,16). The van der Waals surface area contributed by atoms with Crippen LogP contribution in [0.3, 0.4) is 0 Å². The summed E-state index contributed by atoms with van der Waals surface area (Å²) >= 11 is 1.18. The number of benzene rings is 1. The fraction of sp³-hybridized carbons (Fsp3) is 0.154. The first kappa shape index (κ1) is 11.3. The number of fused-ring (bicyclic) bond motifs is 1. The van der Waals surface area contributed by atoms with E-state index in [1.807, 2.05) is 35.7 Å². The first-order valence-electron chi connectivity index (χ1n) is 5.66. The van der Waals surface area contributed by atoms with Gasteiger partial charge in [0.25, 0.3) is 0 Å². The second-order valence-corrected chi connectivity index (χ2v) is 4.87. The van der Waals surface area contributed by atoms with Crippen LogP contribution in [0.15, 0.2) is 44.9 Å². The number of rotatable bonds is 4. The molecule has 0 bridgehead atoms. The van der Waals surface area contributed by atoms with Crippen molar-refractivity contribution in [2.75, 3.05) is 0 Å². The fourth-order valence-electron chi connectivity index (χ4n) is 1.84. The predicted octanol–water partition coefficient (Wildman–Crippen LogP) is 2.47. The maximum absolute atomic E-state index is 11.0. The summed E-state index contributed by atoms with van der Waals surface area (Å²) in [6.45, 7) is 1.28.